The molecule has 1 atom stereocenters. The number of hydrogen-bond acceptors (Lipinski definition) is 8. The van der Waals surface area contributed by atoms with E-state index < -0.39 is 6.04 Å². The Morgan fingerprint density at radius 3 is 2.61 bits per heavy atom. The van der Waals surface area contributed by atoms with E-state index >= 15 is 0 Å². The average molecular weight is 417 g/mol. The zero-order valence-electron chi connectivity index (χ0n) is 17.1. The highest BCUT2D eigenvalue weighted by Gasteiger charge is 2.36. The molecule has 4 aromatic rings. The minimum absolute atomic E-state index is 0.343. The molecule has 0 fully saturated rings. The van der Waals surface area contributed by atoms with Crippen LogP contribution < -0.4 is 20.3 Å². The van der Waals surface area contributed by atoms with Gasteiger partial charge in [0.25, 0.3) is 5.56 Å². The lowest BCUT2D eigenvalue weighted by Crippen LogP contribution is -2.29. The molecule has 5 rings (SSSR count). The van der Waals surface area contributed by atoms with Crippen molar-refractivity contribution >= 4 is 11.6 Å². The summed E-state index contributed by atoms with van der Waals surface area (Å²) >= 11 is 0. The van der Waals surface area contributed by atoms with Gasteiger partial charge < -0.3 is 14.8 Å². The number of aromatic nitrogens is 6. The molecule has 31 heavy (non-hydrogen) atoms. The normalized spacial score (nSPS) is 14.4. The standard InChI is InChI=1S/C21H19N7O3/c1-11-4-6-12(7-5-11)17-16-18(20(29)24-23-17)22-21-25-26-27-28(21)19(16)14-9-8-13(30-2)10-15(14)31-3/h4-10,19H,1-3H3,(H,24,29)(H,22,25,27)/t19-/m0/s1. The van der Waals surface area contributed by atoms with Gasteiger partial charge in [0, 0.05) is 22.8 Å². The topological polar surface area (TPSA) is 120 Å². The summed E-state index contributed by atoms with van der Waals surface area (Å²) in [6.45, 7) is 2.01. The Morgan fingerprint density at radius 1 is 1.06 bits per heavy atom. The minimum Gasteiger partial charge on any atom is -0.497 e. The summed E-state index contributed by atoms with van der Waals surface area (Å²) in [5, 5.41) is 22.0. The number of aryl methyl sites for hydroxylation is 1. The van der Waals surface area contributed by atoms with Crippen LogP contribution in [0.3, 0.4) is 0 Å². The predicted octanol–water partition coefficient (Wildman–Crippen LogP) is 2.44. The number of benzene rings is 2. The van der Waals surface area contributed by atoms with Crippen molar-refractivity contribution in [3.63, 3.8) is 0 Å². The number of fused-ring (bicyclic) bond motifs is 2. The van der Waals surface area contributed by atoms with Crippen LogP contribution in [0.1, 0.15) is 22.7 Å². The number of aromatic amines is 1. The van der Waals surface area contributed by atoms with Crippen LogP contribution in [0.25, 0.3) is 11.3 Å². The number of rotatable bonds is 4. The Kier molecular flexibility index (Phi) is 4.39. The third-order valence-electron chi connectivity index (χ3n) is 5.33. The highest BCUT2D eigenvalue weighted by Crippen LogP contribution is 2.44. The summed E-state index contributed by atoms with van der Waals surface area (Å²) in [6, 6.07) is 12.9. The smallest absolute Gasteiger partial charge is 0.288 e. The molecule has 0 amide bonds. The van der Waals surface area contributed by atoms with E-state index in [2.05, 4.69) is 31.0 Å². The van der Waals surface area contributed by atoms with Crippen molar-refractivity contribution in [3.05, 3.63) is 69.5 Å². The number of methoxy groups -OCH3 is 2. The molecule has 2 aromatic heterocycles. The molecule has 0 unspecified atom stereocenters. The summed E-state index contributed by atoms with van der Waals surface area (Å²) < 4.78 is 12.6. The summed E-state index contributed by atoms with van der Waals surface area (Å²) in [4.78, 5) is 12.8. The molecular weight excluding hydrogens is 398 g/mol. The van der Waals surface area contributed by atoms with E-state index in [1.54, 1.807) is 25.0 Å². The Morgan fingerprint density at radius 2 is 1.87 bits per heavy atom. The molecule has 2 aromatic carbocycles. The molecule has 0 spiro atoms. The summed E-state index contributed by atoms with van der Waals surface area (Å²) in [7, 11) is 3.17. The highest BCUT2D eigenvalue weighted by molar-refractivity contribution is 5.76. The van der Waals surface area contributed by atoms with Crippen LogP contribution in [0.5, 0.6) is 11.5 Å². The van der Waals surface area contributed by atoms with Crippen molar-refractivity contribution in [2.75, 3.05) is 19.5 Å². The molecule has 10 nitrogen and oxygen atoms in total. The quantitative estimate of drug-likeness (QED) is 0.458. The van der Waals surface area contributed by atoms with Crippen LogP contribution in [0.2, 0.25) is 0 Å². The van der Waals surface area contributed by atoms with Gasteiger partial charge in [-0.3, -0.25) is 4.79 Å². The first-order valence-corrected chi connectivity index (χ1v) is 9.57. The first-order valence-electron chi connectivity index (χ1n) is 9.57. The second-order valence-corrected chi connectivity index (χ2v) is 7.14. The zero-order chi connectivity index (χ0) is 21.5. The summed E-state index contributed by atoms with van der Waals surface area (Å²) in [5.74, 6) is 1.57. The SMILES string of the molecule is COc1ccc([C@H]2c3c(-c4ccc(C)cc4)n[nH]c(=O)c3Nc3nnnn32)c(OC)c1. The zero-order valence-corrected chi connectivity index (χ0v) is 17.1. The maximum absolute atomic E-state index is 12.8. The van der Waals surface area contributed by atoms with Gasteiger partial charge in [0.05, 0.1) is 19.9 Å². The average Bonchev–Trinajstić information content (AvgIpc) is 3.27. The van der Waals surface area contributed by atoms with Gasteiger partial charge in [-0.25, -0.2) is 5.10 Å². The van der Waals surface area contributed by atoms with Crippen LogP contribution in [0.4, 0.5) is 11.6 Å². The molecule has 0 radical (unpaired) electrons. The van der Waals surface area contributed by atoms with Crippen molar-refractivity contribution in [3.8, 4) is 22.8 Å². The number of H-pyrrole nitrogens is 1. The number of nitrogens with one attached hydrogen (secondary N) is 2. The van der Waals surface area contributed by atoms with Crippen LogP contribution in [-0.4, -0.2) is 44.6 Å². The van der Waals surface area contributed by atoms with E-state index in [1.807, 2.05) is 43.3 Å². The van der Waals surface area contributed by atoms with E-state index in [0.717, 1.165) is 16.7 Å². The van der Waals surface area contributed by atoms with Gasteiger partial charge in [0.15, 0.2) is 0 Å². The maximum atomic E-state index is 12.8. The fourth-order valence-electron chi connectivity index (χ4n) is 3.80. The third-order valence-corrected chi connectivity index (χ3v) is 5.33. The van der Waals surface area contributed by atoms with Crippen LogP contribution in [0, 0.1) is 6.92 Å². The molecule has 0 saturated carbocycles. The second kappa shape index (κ2) is 7.24. The van der Waals surface area contributed by atoms with Crippen molar-refractivity contribution < 1.29 is 9.47 Å². The monoisotopic (exact) mass is 417 g/mol. The fourth-order valence-corrected chi connectivity index (χ4v) is 3.80. The Bertz CT molecular complexity index is 1330. The van der Waals surface area contributed by atoms with Gasteiger partial charge in [-0.1, -0.05) is 34.9 Å². The summed E-state index contributed by atoms with van der Waals surface area (Å²) in [5.41, 5.74) is 3.99. The van der Waals surface area contributed by atoms with Gasteiger partial charge in [-0.05, 0) is 29.5 Å². The maximum Gasteiger partial charge on any atom is 0.288 e. The third kappa shape index (κ3) is 3.00. The molecule has 1 aliphatic heterocycles. The lowest BCUT2D eigenvalue weighted by molar-refractivity contribution is 0.386. The van der Waals surface area contributed by atoms with Gasteiger partial charge in [-0.15, -0.1) is 0 Å². The minimum atomic E-state index is -0.548. The Balaban J connectivity index is 1.82. The fraction of sp³-hybridized carbons (Fsp3) is 0.190. The Labute approximate surface area is 176 Å². The van der Waals surface area contributed by atoms with E-state index in [9.17, 15) is 4.79 Å². The molecule has 2 N–H and O–H groups in total. The van der Waals surface area contributed by atoms with Gasteiger partial charge in [0.2, 0.25) is 5.95 Å². The molecule has 10 heteroatoms. The number of ether oxygens (including phenoxy) is 2. The molecule has 156 valence electrons. The number of anilines is 2. The first-order chi connectivity index (χ1) is 15.1. The van der Waals surface area contributed by atoms with Crippen LogP contribution >= 0.6 is 0 Å². The number of tetrazole rings is 1. The first kappa shape index (κ1) is 18.8. The largest absolute Gasteiger partial charge is 0.497 e. The van der Waals surface area contributed by atoms with Gasteiger partial charge in [0.1, 0.15) is 23.2 Å². The Hall–Kier alpha value is -4.21. The number of hydrogen-bond donors (Lipinski definition) is 2. The highest BCUT2D eigenvalue weighted by atomic mass is 16.5. The van der Waals surface area contributed by atoms with Crippen molar-refractivity contribution in [2.45, 2.75) is 13.0 Å². The van der Waals surface area contributed by atoms with E-state index in [-0.39, 0.29) is 5.56 Å². The number of nitrogens with zero attached hydrogens (tertiary/aromatic N) is 5. The molecule has 1 aliphatic rings. The van der Waals surface area contributed by atoms with Gasteiger partial charge >= 0.3 is 0 Å². The lowest BCUT2D eigenvalue weighted by atomic mass is 9.91. The summed E-state index contributed by atoms with van der Waals surface area (Å²) in [6.07, 6.45) is 0. The van der Waals surface area contributed by atoms with E-state index in [0.29, 0.717) is 34.4 Å². The van der Waals surface area contributed by atoms with Crippen molar-refractivity contribution in [1.29, 1.82) is 0 Å². The molecular formula is C21H19N7O3. The van der Waals surface area contributed by atoms with Crippen LogP contribution in [0.15, 0.2) is 47.3 Å². The van der Waals surface area contributed by atoms with Crippen LogP contribution in [-0.2, 0) is 0 Å². The van der Waals surface area contributed by atoms with Crippen molar-refractivity contribution in [1.82, 2.24) is 30.4 Å². The lowest BCUT2D eigenvalue weighted by Gasteiger charge is -2.28. The second-order valence-electron chi connectivity index (χ2n) is 7.14. The molecule has 0 bridgehead atoms. The molecule has 3 heterocycles. The van der Waals surface area contributed by atoms with Gasteiger partial charge in [-0.2, -0.15) is 9.78 Å². The van der Waals surface area contributed by atoms with Crippen molar-refractivity contribution in [2.24, 2.45) is 0 Å². The van der Waals surface area contributed by atoms with E-state index in [1.165, 1.54) is 0 Å². The molecule has 0 saturated heterocycles. The predicted molar refractivity (Wildman–Crippen MR) is 113 cm³/mol. The van der Waals surface area contributed by atoms with E-state index in [4.69, 9.17) is 9.47 Å². The molecule has 0 aliphatic carbocycles.